The smallest absolute Gasteiger partial charge is 0.241 e. The first-order valence-electron chi connectivity index (χ1n) is 10.6. The average Bonchev–Trinajstić information content (AvgIpc) is 2.78. The summed E-state index contributed by atoms with van der Waals surface area (Å²) >= 11 is 0. The van der Waals surface area contributed by atoms with Gasteiger partial charge < -0.3 is 14.8 Å². The van der Waals surface area contributed by atoms with Gasteiger partial charge in [-0.05, 0) is 48.8 Å². The molecule has 1 N–H and O–H groups in total. The summed E-state index contributed by atoms with van der Waals surface area (Å²) in [6.45, 7) is 6.13. The van der Waals surface area contributed by atoms with Gasteiger partial charge in [0.25, 0.3) is 0 Å². The Morgan fingerprint density at radius 3 is 2.43 bits per heavy atom. The molecule has 6 heteroatoms. The predicted molar refractivity (Wildman–Crippen MR) is 119 cm³/mol. The molecule has 0 fully saturated rings. The Labute approximate surface area is 179 Å². The van der Waals surface area contributed by atoms with Gasteiger partial charge >= 0.3 is 0 Å². The Bertz CT molecular complexity index is 841. The molecule has 2 aromatic rings. The van der Waals surface area contributed by atoms with Gasteiger partial charge in [-0.25, -0.2) is 0 Å². The molecule has 0 radical (unpaired) electrons. The van der Waals surface area contributed by atoms with E-state index >= 15 is 0 Å². The predicted octanol–water partition coefficient (Wildman–Crippen LogP) is 2.87. The lowest BCUT2D eigenvalue weighted by molar-refractivity contribution is -0.126. The molecule has 162 valence electrons. The van der Waals surface area contributed by atoms with Crippen LogP contribution in [0.5, 0.6) is 11.5 Å². The van der Waals surface area contributed by atoms with Crippen LogP contribution in [0.4, 0.5) is 0 Å². The molecule has 1 atom stereocenters. The van der Waals surface area contributed by atoms with Crippen molar-refractivity contribution in [3.8, 4) is 11.5 Å². The third kappa shape index (κ3) is 5.12. The molecule has 0 aliphatic carbocycles. The summed E-state index contributed by atoms with van der Waals surface area (Å²) in [6.07, 6.45) is 0.967. The first kappa shape index (κ1) is 22.1. The molecule has 30 heavy (non-hydrogen) atoms. The normalized spacial score (nSPS) is 14.8. The van der Waals surface area contributed by atoms with Gasteiger partial charge in [-0.3, -0.25) is 14.6 Å². The van der Waals surface area contributed by atoms with Crippen molar-refractivity contribution < 1.29 is 14.3 Å². The third-order valence-corrected chi connectivity index (χ3v) is 5.83. The van der Waals surface area contributed by atoms with Gasteiger partial charge in [0.15, 0.2) is 11.5 Å². The lowest BCUT2D eigenvalue weighted by atomic mass is 9.99. The monoisotopic (exact) mass is 411 g/mol. The molecule has 1 heterocycles. The number of carbonyl (C=O) groups excluding carboxylic acids is 1. The van der Waals surface area contributed by atoms with Crippen molar-refractivity contribution in [2.24, 2.45) is 0 Å². The van der Waals surface area contributed by atoms with Crippen LogP contribution in [0.1, 0.15) is 29.7 Å². The fourth-order valence-electron chi connectivity index (χ4n) is 3.99. The zero-order valence-electron chi connectivity index (χ0n) is 18.5. The summed E-state index contributed by atoms with van der Waals surface area (Å²) < 4.78 is 10.9. The summed E-state index contributed by atoms with van der Waals surface area (Å²) in [5.41, 5.74) is 3.59. The standard InChI is InChI=1S/C24H33N3O3/c1-5-26(2)23(18-9-7-6-8-10-18)24(28)25-12-14-27-13-11-19-15-21(29-3)22(30-4)16-20(19)17-27/h6-10,15-16,23H,5,11-14,17H2,1-4H3,(H,25,28). The van der Waals surface area contributed by atoms with Crippen LogP contribution in [0.25, 0.3) is 0 Å². The number of nitrogens with one attached hydrogen (secondary N) is 1. The van der Waals surface area contributed by atoms with Crippen LogP contribution in [-0.2, 0) is 17.8 Å². The summed E-state index contributed by atoms with van der Waals surface area (Å²) in [5, 5.41) is 3.14. The molecular formula is C24H33N3O3. The average molecular weight is 412 g/mol. The fourth-order valence-corrected chi connectivity index (χ4v) is 3.99. The van der Waals surface area contributed by atoms with E-state index in [1.807, 2.05) is 37.4 Å². The molecule has 3 rings (SSSR count). The molecule has 0 spiro atoms. The van der Waals surface area contributed by atoms with E-state index in [9.17, 15) is 4.79 Å². The quantitative estimate of drug-likeness (QED) is 0.688. The van der Waals surface area contributed by atoms with Crippen LogP contribution in [0.2, 0.25) is 0 Å². The maximum atomic E-state index is 12.9. The Morgan fingerprint density at radius 1 is 1.13 bits per heavy atom. The fraction of sp³-hybridized carbons (Fsp3) is 0.458. The maximum Gasteiger partial charge on any atom is 0.241 e. The van der Waals surface area contributed by atoms with E-state index in [2.05, 4.69) is 34.2 Å². The third-order valence-electron chi connectivity index (χ3n) is 5.83. The topological polar surface area (TPSA) is 54.0 Å². The summed E-state index contributed by atoms with van der Waals surface area (Å²) in [5.74, 6) is 1.60. The summed E-state index contributed by atoms with van der Waals surface area (Å²) in [4.78, 5) is 17.4. The largest absolute Gasteiger partial charge is 0.493 e. The van der Waals surface area contributed by atoms with Crippen molar-refractivity contribution >= 4 is 5.91 Å². The Morgan fingerprint density at radius 2 is 1.80 bits per heavy atom. The molecule has 0 saturated heterocycles. The van der Waals surface area contributed by atoms with Gasteiger partial charge in [-0.15, -0.1) is 0 Å². The molecule has 1 aliphatic rings. The molecule has 1 unspecified atom stereocenters. The number of fused-ring (bicyclic) bond motifs is 1. The number of carbonyl (C=O) groups is 1. The molecule has 1 aliphatic heterocycles. The van der Waals surface area contributed by atoms with Crippen LogP contribution in [0.15, 0.2) is 42.5 Å². The zero-order chi connectivity index (χ0) is 21.5. The van der Waals surface area contributed by atoms with E-state index in [0.29, 0.717) is 6.54 Å². The number of likely N-dealkylation sites (N-methyl/N-ethyl adjacent to an activating group) is 1. The Hall–Kier alpha value is -2.57. The second kappa shape index (κ2) is 10.5. The van der Waals surface area contributed by atoms with Gasteiger partial charge in [0, 0.05) is 26.2 Å². The molecule has 6 nitrogen and oxygen atoms in total. The number of methoxy groups -OCH3 is 2. The molecule has 0 saturated carbocycles. The molecule has 0 bridgehead atoms. The second-order valence-electron chi connectivity index (χ2n) is 7.68. The highest BCUT2D eigenvalue weighted by molar-refractivity contribution is 5.83. The van der Waals surface area contributed by atoms with Crippen LogP contribution in [0, 0.1) is 0 Å². The Balaban J connectivity index is 1.58. The minimum absolute atomic E-state index is 0.0503. The van der Waals surface area contributed by atoms with Gasteiger partial charge in [0.1, 0.15) is 6.04 Å². The lowest BCUT2D eigenvalue weighted by Gasteiger charge is -2.30. The van der Waals surface area contributed by atoms with Crippen molar-refractivity contribution in [1.82, 2.24) is 15.1 Å². The SMILES string of the molecule is CCN(C)C(C(=O)NCCN1CCc2cc(OC)c(OC)cc2C1)c1ccccc1. The summed E-state index contributed by atoms with van der Waals surface area (Å²) in [6, 6.07) is 13.8. The van der Waals surface area contributed by atoms with E-state index in [0.717, 1.165) is 49.7 Å². The molecule has 2 aromatic carbocycles. The van der Waals surface area contributed by atoms with Gasteiger partial charge in [0.05, 0.1) is 14.2 Å². The number of hydrogen-bond donors (Lipinski definition) is 1. The highest BCUT2D eigenvalue weighted by Crippen LogP contribution is 2.33. The number of amides is 1. The van der Waals surface area contributed by atoms with E-state index in [-0.39, 0.29) is 11.9 Å². The van der Waals surface area contributed by atoms with Crippen LogP contribution < -0.4 is 14.8 Å². The van der Waals surface area contributed by atoms with Crippen molar-refractivity contribution in [1.29, 1.82) is 0 Å². The number of nitrogens with zero attached hydrogens (tertiary/aromatic N) is 2. The number of rotatable bonds is 9. The van der Waals surface area contributed by atoms with Crippen molar-refractivity contribution in [2.45, 2.75) is 25.9 Å². The van der Waals surface area contributed by atoms with E-state index in [4.69, 9.17) is 9.47 Å². The van der Waals surface area contributed by atoms with E-state index in [1.165, 1.54) is 11.1 Å². The highest BCUT2D eigenvalue weighted by atomic mass is 16.5. The van der Waals surface area contributed by atoms with Gasteiger partial charge in [0.2, 0.25) is 5.91 Å². The number of ether oxygens (including phenoxy) is 2. The second-order valence-corrected chi connectivity index (χ2v) is 7.68. The zero-order valence-corrected chi connectivity index (χ0v) is 18.5. The van der Waals surface area contributed by atoms with Crippen molar-refractivity contribution in [2.75, 3.05) is 47.4 Å². The lowest BCUT2D eigenvalue weighted by Crippen LogP contribution is -2.42. The minimum Gasteiger partial charge on any atom is -0.493 e. The van der Waals surface area contributed by atoms with Crippen molar-refractivity contribution in [3.05, 3.63) is 59.2 Å². The van der Waals surface area contributed by atoms with Crippen LogP contribution in [0.3, 0.4) is 0 Å². The number of benzene rings is 2. The van der Waals surface area contributed by atoms with Gasteiger partial charge in [-0.2, -0.15) is 0 Å². The first-order chi connectivity index (χ1) is 14.6. The molecule has 1 amide bonds. The molecule has 0 aromatic heterocycles. The molecular weight excluding hydrogens is 378 g/mol. The van der Waals surface area contributed by atoms with Gasteiger partial charge in [-0.1, -0.05) is 37.3 Å². The first-order valence-corrected chi connectivity index (χ1v) is 10.6. The van der Waals surface area contributed by atoms with Crippen LogP contribution in [-0.4, -0.2) is 63.2 Å². The minimum atomic E-state index is -0.269. The van der Waals surface area contributed by atoms with E-state index < -0.39 is 0 Å². The highest BCUT2D eigenvalue weighted by Gasteiger charge is 2.24. The van der Waals surface area contributed by atoms with Crippen LogP contribution >= 0.6 is 0 Å². The Kier molecular flexibility index (Phi) is 7.71. The van der Waals surface area contributed by atoms with Crippen molar-refractivity contribution in [3.63, 3.8) is 0 Å². The number of hydrogen-bond acceptors (Lipinski definition) is 5. The van der Waals surface area contributed by atoms with E-state index in [1.54, 1.807) is 14.2 Å². The summed E-state index contributed by atoms with van der Waals surface area (Å²) in [7, 11) is 5.32. The maximum absolute atomic E-state index is 12.9.